The van der Waals surface area contributed by atoms with Crippen molar-refractivity contribution >= 4 is 5.97 Å². The van der Waals surface area contributed by atoms with Crippen LogP contribution in [-0.4, -0.2) is 67.3 Å². The van der Waals surface area contributed by atoms with Crippen LogP contribution in [-0.2, 0) is 0 Å². The molecule has 1 heterocycles. The average molecular weight is 292 g/mol. The molecule has 0 amide bonds. The van der Waals surface area contributed by atoms with Gasteiger partial charge < -0.3 is 19.6 Å². The van der Waals surface area contributed by atoms with Crippen LogP contribution in [0.15, 0.2) is 24.3 Å². The molecule has 0 bridgehead atoms. The van der Waals surface area contributed by atoms with Gasteiger partial charge in [-0.05, 0) is 45.1 Å². The molecule has 0 spiro atoms. The lowest BCUT2D eigenvalue weighted by Crippen LogP contribution is -2.30. The second kappa shape index (κ2) is 8.00. The van der Waals surface area contributed by atoms with E-state index in [1.165, 1.54) is 13.0 Å². The van der Waals surface area contributed by atoms with Gasteiger partial charge in [0.05, 0.1) is 6.61 Å². The maximum atomic E-state index is 11.1. The molecule has 5 heteroatoms. The minimum Gasteiger partial charge on any atom is -0.493 e. The van der Waals surface area contributed by atoms with E-state index in [4.69, 9.17) is 9.84 Å². The van der Waals surface area contributed by atoms with Crippen LogP contribution in [0, 0.1) is 0 Å². The van der Waals surface area contributed by atoms with Crippen LogP contribution in [0.25, 0.3) is 0 Å². The Morgan fingerprint density at radius 2 is 2.05 bits per heavy atom. The molecule has 2 rings (SSSR count). The number of carboxylic acids is 1. The van der Waals surface area contributed by atoms with Gasteiger partial charge in [0.25, 0.3) is 0 Å². The molecule has 116 valence electrons. The molecule has 0 unspecified atom stereocenters. The van der Waals surface area contributed by atoms with E-state index in [2.05, 4.69) is 16.8 Å². The Kier molecular flexibility index (Phi) is 6.02. The molecule has 1 aromatic carbocycles. The van der Waals surface area contributed by atoms with Gasteiger partial charge in [0.2, 0.25) is 0 Å². The quantitative estimate of drug-likeness (QED) is 0.810. The number of ether oxygens (including phenoxy) is 1. The van der Waals surface area contributed by atoms with Crippen LogP contribution in [0.3, 0.4) is 0 Å². The molecule has 1 aromatic rings. The molecule has 0 atom stereocenters. The highest BCUT2D eigenvalue weighted by Crippen LogP contribution is 2.17. The highest BCUT2D eigenvalue weighted by atomic mass is 16.5. The number of likely N-dealkylation sites (N-methyl/N-ethyl adjacent to an activating group) is 1. The summed E-state index contributed by atoms with van der Waals surface area (Å²) in [6, 6.07) is 6.79. The van der Waals surface area contributed by atoms with Crippen molar-refractivity contribution < 1.29 is 14.6 Å². The van der Waals surface area contributed by atoms with Gasteiger partial charge in [-0.3, -0.25) is 0 Å². The highest BCUT2D eigenvalue weighted by Gasteiger charge is 2.12. The minimum atomic E-state index is -0.943. The summed E-state index contributed by atoms with van der Waals surface area (Å²) in [5.41, 5.74) is 0.230. The molecule has 21 heavy (non-hydrogen) atoms. The topological polar surface area (TPSA) is 53.0 Å². The lowest BCUT2D eigenvalue weighted by molar-refractivity contribution is 0.0692. The minimum absolute atomic E-state index is 0.230. The van der Waals surface area contributed by atoms with Crippen molar-refractivity contribution in [3.63, 3.8) is 0 Å². The summed E-state index contributed by atoms with van der Waals surface area (Å²) < 4.78 is 5.62. The van der Waals surface area contributed by atoms with Crippen molar-refractivity contribution in [2.75, 3.05) is 46.4 Å². The standard InChI is InChI=1S/C16H24N2O3/c1-17-8-4-9-18(12-11-17)10-5-13-21-15-7-3-2-6-14(15)16(19)20/h2-3,6-7H,4-5,8-13H2,1H3,(H,19,20). The van der Waals surface area contributed by atoms with Crippen LogP contribution in [0.4, 0.5) is 0 Å². The Labute approximate surface area is 126 Å². The van der Waals surface area contributed by atoms with Gasteiger partial charge in [0.15, 0.2) is 0 Å². The fourth-order valence-electron chi connectivity index (χ4n) is 2.56. The van der Waals surface area contributed by atoms with Gasteiger partial charge in [0.1, 0.15) is 11.3 Å². The molecule has 0 aromatic heterocycles. The third kappa shape index (κ3) is 5.02. The number of hydrogen-bond donors (Lipinski definition) is 1. The van der Waals surface area contributed by atoms with E-state index in [1.54, 1.807) is 24.3 Å². The molecule has 0 aliphatic carbocycles. The van der Waals surface area contributed by atoms with Crippen molar-refractivity contribution in [3.05, 3.63) is 29.8 Å². The van der Waals surface area contributed by atoms with E-state index in [9.17, 15) is 4.79 Å². The maximum Gasteiger partial charge on any atom is 0.339 e. The third-order valence-corrected chi connectivity index (χ3v) is 3.81. The van der Waals surface area contributed by atoms with Crippen LogP contribution >= 0.6 is 0 Å². The van der Waals surface area contributed by atoms with E-state index < -0.39 is 5.97 Å². The zero-order valence-corrected chi connectivity index (χ0v) is 12.6. The summed E-state index contributed by atoms with van der Waals surface area (Å²) in [6.07, 6.45) is 2.12. The number of benzene rings is 1. The Morgan fingerprint density at radius 3 is 2.86 bits per heavy atom. The summed E-state index contributed by atoms with van der Waals surface area (Å²) in [4.78, 5) is 15.9. The van der Waals surface area contributed by atoms with Gasteiger partial charge in [-0.1, -0.05) is 12.1 Å². The van der Waals surface area contributed by atoms with Crippen LogP contribution in [0.5, 0.6) is 5.75 Å². The first-order valence-corrected chi connectivity index (χ1v) is 7.53. The highest BCUT2D eigenvalue weighted by molar-refractivity contribution is 5.90. The molecule has 1 saturated heterocycles. The number of para-hydroxylation sites is 1. The molecule has 1 aliphatic heterocycles. The summed E-state index contributed by atoms with van der Waals surface area (Å²) in [7, 11) is 2.16. The molecule has 0 saturated carbocycles. The van der Waals surface area contributed by atoms with Crippen LogP contribution in [0.2, 0.25) is 0 Å². The maximum absolute atomic E-state index is 11.1. The number of rotatable bonds is 6. The molecule has 0 radical (unpaired) electrons. The smallest absolute Gasteiger partial charge is 0.339 e. The van der Waals surface area contributed by atoms with Crippen molar-refractivity contribution in [1.82, 2.24) is 9.80 Å². The summed E-state index contributed by atoms with van der Waals surface area (Å²) >= 11 is 0. The second-order valence-electron chi connectivity index (χ2n) is 5.50. The van der Waals surface area contributed by atoms with E-state index in [-0.39, 0.29) is 5.56 Å². The summed E-state index contributed by atoms with van der Waals surface area (Å²) in [6.45, 7) is 6.07. The lowest BCUT2D eigenvalue weighted by atomic mass is 10.2. The molecule has 5 nitrogen and oxygen atoms in total. The Balaban J connectivity index is 1.73. The number of carbonyl (C=O) groups is 1. The molecule has 1 aliphatic rings. The fourth-order valence-corrected chi connectivity index (χ4v) is 2.56. The molecular weight excluding hydrogens is 268 g/mol. The van der Waals surface area contributed by atoms with Crippen molar-refractivity contribution in [1.29, 1.82) is 0 Å². The van der Waals surface area contributed by atoms with E-state index >= 15 is 0 Å². The first kappa shape index (κ1) is 15.8. The van der Waals surface area contributed by atoms with Crippen LogP contribution in [0.1, 0.15) is 23.2 Å². The predicted octanol–water partition coefficient (Wildman–Crippen LogP) is 1.79. The third-order valence-electron chi connectivity index (χ3n) is 3.81. The van der Waals surface area contributed by atoms with E-state index in [0.717, 1.165) is 32.6 Å². The normalized spacial score (nSPS) is 17.4. The van der Waals surface area contributed by atoms with Crippen molar-refractivity contribution in [3.8, 4) is 5.75 Å². The SMILES string of the molecule is CN1CCCN(CCCOc2ccccc2C(=O)O)CC1. The van der Waals surface area contributed by atoms with Gasteiger partial charge in [-0.15, -0.1) is 0 Å². The number of hydrogen-bond acceptors (Lipinski definition) is 4. The van der Waals surface area contributed by atoms with Gasteiger partial charge in [0, 0.05) is 19.6 Å². The largest absolute Gasteiger partial charge is 0.493 e. The number of aromatic carboxylic acids is 1. The Bertz CT molecular complexity index is 465. The van der Waals surface area contributed by atoms with Crippen molar-refractivity contribution in [2.45, 2.75) is 12.8 Å². The monoisotopic (exact) mass is 292 g/mol. The van der Waals surface area contributed by atoms with E-state index in [1.807, 2.05) is 0 Å². The first-order valence-electron chi connectivity index (χ1n) is 7.53. The fraction of sp³-hybridized carbons (Fsp3) is 0.562. The van der Waals surface area contributed by atoms with Gasteiger partial charge in [-0.25, -0.2) is 4.79 Å². The zero-order chi connectivity index (χ0) is 15.1. The van der Waals surface area contributed by atoms with Crippen molar-refractivity contribution in [2.24, 2.45) is 0 Å². The Morgan fingerprint density at radius 1 is 1.24 bits per heavy atom. The second-order valence-corrected chi connectivity index (χ2v) is 5.50. The zero-order valence-electron chi connectivity index (χ0n) is 12.6. The predicted molar refractivity (Wildman–Crippen MR) is 82.1 cm³/mol. The van der Waals surface area contributed by atoms with Crippen LogP contribution < -0.4 is 4.74 Å². The number of nitrogens with zero attached hydrogens (tertiary/aromatic N) is 2. The molecule has 1 fully saturated rings. The summed E-state index contributed by atoms with van der Waals surface area (Å²) in [5.74, 6) is -0.484. The first-order chi connectivity index (χ1) is 10.2. The summed E-state index contributed by atoms with van der Waals surface area (Å²) in [5, 5.41) is 9.09. The number of carboxylic acid groups (broad SMARTS) is 1. The van der Waals surface area contributed by atoms with Gasteiger partial charge >= 0.3 is 5.97 Å². The lowest BCUT2D eigenvalue weighted by Gasteiger charge is -2.20. The molecular formula is C16H24N2O3. The van der Waals surface area contributed by atoms with E-state index in [0.29, 0.717) is 12.4 Å². The molecule has 1 N–H and O–H groups in total. The van der Waals surface area contributed by atoms with Gasteiger partial charge in [-0.2, -0.15) is 0 Å². The Hall–Kier alpha value is -1.59. The average Bonchev–Trinajstić information content (AvgIpc) is 2.68.